The Kier molecular flexibility index (Phi) is 42.7. The van der Waals surface area contributed by atoms with Gasteiger partial charge < -0.3 is 25.2 Å². The molecule has 11 nitrogen and oxygen atoms in total. The van der Waals surface area contributed by atoms with E-state index >= 15 is 0 Å². The van der Waals surface area contributed by atoms with Gasteiger partial charge in [-0.05, 0) is 51.4 Å². The number of carbonyl (C=O) groups excluding carboxylic acids is 2. The van der Waals surface area contributed by atoms with Crippen LogP contribution in [-0.4, -0.2) is 64.9 Å². The number of allylic oxidation sites excluding steroid dienone is 10. The van der Waals surface area contributed by atoms with Gasteiger partial charge in [-0.15, -0.1) is 0 Å². The zero-order chi connectivity index (χ0) is 45.6. The smallest absolute Gasteiger partial charge is 0.472 e. The minimum Gasteiger partial charge on any atom is -0.480 e. The molecule has 0 aliphatic heterocycles. The minimum absolute atomic E-state index is 0.0654. The first-order valence-corrected chi connectivity index (χ1v) is 25.8. The number of carbonyl (C=O) groups is 3. The number of aliphatic hydroxyl groups excluding tert-OH is 1. The molecule has 0 saturated carbocycles. The Bertz CT molecular complexity index is 1280. The lowest BCUT2D eigenvalue weighted by molar-refractivity contribution is -0.147. The van der Waals surface area contributed by atoms with Gasteiger partial charge in [0, 0.05) is 12.8 Å². The number of hydrogen-bond acceptors (Lipinski definition) is 8. The van der Waals surface area contributed by atoms with Crippen molar-refractivity contribution in [3.8, 4) is 0 Å². The summed E-state index contributed by atoms with van der Waals surface area (Å²) in [4.78, 5) is 46.0. The Morgan fingerprint density at radius 2 is 0.935 bits per heavy atom. The predicted molar refractivity (Wildman–Crippen MR) is 254 cm³/mol. The number of phosphoric acid groups is 1. The molecule has 0 heterocycles. The highest BCUT2D eigenvalue weighted by Gasteiger charge is 2.28. The first kappa shape index (κ1) is 59.2. The van der Waals surface area contributed by atoms with Crippen molar-refractivity contribution in [2.24, 2.45) is 0 Å². The third-order valence-electron chi connectivity index (χ3n) is 10.3. The number of aliphatic hydroxyl groups is 1. The van der Waals surface area contributed by atoms with E-state index in [1.54, 1.807) is 0 Å². The Morgan fingerprint density at radius 3 is 1.37 bits per heavy atom. The summed E-state index contributed by atoms with van der Waals surface area (Å²) in [7, 11) is -4.78. The van der Waals surface area contributed by atoms with Crippen LogP contribution in [0.1, 0.15) is 206 Å². The third-order valence-corrected chi connectivity index (χ3v) is 11.3. The van der Waals surface area contributed by atoms with E-state index in [9.17, 15) is 34.1 Å². The molecule has 0 aliphatic carbocycles. The Morgan fingerprint density at radius 1 is 0.532 bits per heavy atom. The van der Waals surface area contributed by atoms with Crippen molar-refractivity contribution in [2.75, 3.05) is 19.8 Å². The summed E-state index contributed by atoms with van der Waals surface area (Å²) in [5.41, 5.74) is 0. The summed E-state index contributed by atoms with van der Waals surface area (Å²) in [6.07, 6.45) is 52.6. The topological polar surface area (TPSA) is 169 Å². The van der Waals surface area contributed by atoms with Gasteiger partial charge in [0.25, 0.3) is 0 Å². The number of hydrogen-bond donors (Lipinski definition) is 4. The molecule has 0 saturated heterocycles. The summed E-state index contributed by atoms with van der Waals surface area (Å²) in [6.45, 7) is 2.46. The highest BCUT2D eigenvalue weighted by molar-refractivity contribution is 7.47. The number of phosphoric ester groups is 1. The third kappa shape index (κ3) is 43.8. The second kappa shape index (κ2) is 44.8. The van der Waals surface area contributed by atoms with E-state index in [-0.39, 0.29) is 12.8 Å². The molecule has 358 valence electrons. The normalized spacial score (nSPS) is 14.1. The molecule has 0 aromatic heterocycles. The lowest BCUT2D eigenvalue weighted by Crippen LogP contribution is -2.43. The zero-order valence-electron chi connectivity index (χ0n) is 38.9. The molecule has 0 aromatic rings. The van der Waals surface area contributed by atoms with Crippen molar-refractivity contribution in [1.29, 1.82) is 0 Å². The standard InChI is InChI=1S/C50H88NO10P/c1-3-5-7-9-11-13-15-17-19-21-22-23-24-26-28-30-32-34-36-38-40-42-49(54)59-43-46(52)44-60-62(57,58)61-45-47(50(55)56)51-48(53)41-39-37-35-33-31-29-27-25-20-18-16-14-12-10-8-6-4-2/h6,8,12,14,18,20,27,29,33,35,46-47,52H,3-5,7,9-11,13,15-17,19,21-26,28,30-32,34,36-45H2,1-2H3,(H,51,53)(H,55,56)(H,57,58)/b8-6-,14-12-,20-18-,29-27-,35-33-. The van der Waals surface area contributed by atoms with Gasteiger partial charge in [-0.1, -0.05) is 203 Å². The molecule has 0 radical (unpaired) electrons. The van der Waals surface area contributed by atoms with Gasteiger partial charge in [0.05, 0.1) is 13.2 Å². The average molecular weight is 894 g/mol. The summed E-state index contributed by atoms with van der Waals surface area (Å²) in [5.74, 6) is -2.45. The highest BCUT2D eigenvalue weighted by atomic mass is 31.2. The number of amides is 1. The number of unbranched alkanes of at least 4 members (excludes halogenated alkanes) is 21. The van der Waals surface area contributed by atoms with Gasteiger partial charge in [-0.2, -0.15) is 0 Å². The van der Waals surface area contributed by atoms with Gasteiger partial charge in [0.2, 0.25) is 5.91 Å². The molecule has 3 atom stereocenters. The SMILES string of the molecule is CC/C=C\C/C=C\C/C=C\C/C=C\C/C=C\CCCC(=O)NC(COP(=O)(O)OCC(O)COC(=O)CCCCCCCCCCCCCCCCCCCCCCC)C(=O)O. The molecule has 0 rings (SSSR count). The van der Waals surface area contributed by atoms with E-state index in [0.29, 0.717) is 19.3 Å². The van der Waals surface area contributed by atoms with Gasteiger partial charge in [0.15, 0.2) is 6.04 Å². The number of esters is 1. The van der Waals surface area contributed by atoms with Crippen molar-refractivity contribution in [3.05, 3.63) is 60.8 Å². The van der Waals surface area contributed by atoms with E-state index < -0.39 is 57.6 Å². The van der Waals surface area contributed by atoms with Crippen molar-refractivity contribution in [3.63, 3.8) is 0 Å². The van der Waals surface area contributed by atoms with E-state index in [0.717, 1.165) is 51.4 Å². The molecular formula is C50H88NO10P. The van der Waals surface area contributed by atoms with Crippen LogP contribution >= 0.6 is 7.82 Å². The van der Waals surface area contributed by atoms with Crippen LogP contribution in [0.3, 0.4) is 0 Å². The Labute approximate surface area is 376 Å². The maximum atomic E-state index is 12.3. The Hall–Kier alpha value is -2.82. The van der Waals surface area contributed by atoms with Crippen LogP contribution in [-0.2, 0) is 32.7 Å². The van der Waals surface area contributed by atoms with Crippen molar-refractivity contribution in [1.82, 2.24) is 5.32 Å². The molecule has 0 spiro atoms. The predicted octanol–water partition coefficient (Wildman–Crippen LogP) is 13.1. The first-order chi connectivity index (χ1) is 30.1. The average Bonchev–Trinajstić information content (AvgIpc) is 3.25. The van der Waals surface area contributed by atoms with Crippen LogP contribution in [0, 0.1) is 0 Å². The number of nitrogens with one attached hydrogen (secondary N) is 1. The molecule has 0 aliphatic rings. The second-order valence-corrected chi connectivity index (χ2v) is 17.7. The van der Waals surface area contributed by atoms with Crippen LogP contribution < -0.4 is 5.32 Å². The molecule has 3 unspecified atom stereocenters. The molecular weight excluding hydrogens is 806 g/mol. The van der Waals surface area contributed by atoms with Gasteiger partial charge in [-0.3, -0.25) is 18.6 Å². The fourth-order valence-corrected chi connectivity index (χ4v) is 7.36. The quantitative estimate of drug-likeness (QED) is 0.0200. The number of ether oxygens (including phenoxy) is 1. The van der Waals surface area contributed by atoms with Crippen LogP contribution in [0.15, 0.2) is 60.8 Å². The fraction of sp³-hybridized carbons (Fsp3) is 0.740. The minimum atomic E-state index is -4.78. The van der Waals surface area contributed by atoms with Crippen LogP contribution in [0.5, 0.6) is 0 Å². The van der Waals surface area contributed by atoms with Crippen LogP contribution in [0.4, 0.5) is 0 Å². The Balaban J connectivity index is 3.89. The van der Waals surface area contributed by atoms with E-state index in [4.69, 9.17) is 13.8 Å². The van der Waals surface area contributed by atoms with Crippen molar-refractivity contribution in [2.45, 2.75) is 219 Å². The molecule has 4 N–H and O–H groups in total. The molecule has 12 heteroatoms. The molecule has 0 aromatic carbocycles. The van der Waals surface area contributed by atoms with E-state index in [2.05, 4.69) is 67.8 Å². The largest absolute Gasteiger partial charge is 0.480 e. The summed E-state index contributed by atoms with van der Waals surface area (Å²) < 4.78 is 26.9. The number of aliphatic carboxylic acids is 1. The first-order valence-electron chi connectivity index (χ1n) is 24.3. The second-order valence-electron chi connectivity index (χ2n) is 16.3. The number of rotatable bonds is 45. The van der Waals surface area contributed by atoms with E-state index in [1.807, 2.05) is 12.2 Å². The summed E-state index contributed by atoms with van der Waals surface area (Å²) in [6, 6.07) is -1.58. The van der Waals surface area contributed by atoms with Crippen molar-refractivity contribution < 1.29 is 47.8 Å². The van der Waals surface area contributed by atoms with Gasteiger partial charge in [0.1, 0.15) is 12.7 Å². The summed E-state index contributed by atoms with van der Waals surface area (Å²) >= 11 is 0. The van der Waals surface area contributed by atoms with E-state index in [1.165, 1.54) is 109 Å². The maximum Gasteiger partial charge on any atom is 0.472 e. The van der Waals surface area contributed by atoms with Crippen LogP contribution in [0.2, 0.25) is 0 Å². The number of carboxylic acids is 1. The lowest BCUT2D eigenvalue weighted by atomic mass is 10.0. The fourth-order valence-electron chi connectivity index (χ4n) is 6.59. The molecule has 62 heavy (non-hydrogen) atoms. The molecule has 1 amide bonds. The zero-order valence-corrected chi connectivity index (χ0v) is 39.8. The summed E-state index contributed by atoms with van der Waals surface area (Å²) in [5, 5.41) is 21.8. The number of carboxylic acid groups (broad SMARTS) is 1. The van der Waals surface area contributed by atoms with Gasteiger partial charge in [-0.25, -0.2) is 9.36 Å². The lowest BCUT2D eigenvalue weighted by Gasteiger charge is -2.18. The highest BCUT2D eigenvalue weighted by Crippen LogP contribution is 2.43. The van der Waals surface area contributed by atoms with Crippen LogP contribution in [0.25, 0.3) is 0 Å². The molecule has 0 fully saturated rings. The van der Waals surface area contributed by atoms with Crippen molar-refractivity contribution >= 4 is 25.7 Å². The molecule has 0 bridgehead atoms. The maximum absolute atomic E-state index is 12.3. The van der Waals surface area contributed by atoms with Gasteiger partial charge >= 0.3 is 19.8 Å². The monoisotopic (exact) mass is 894 g/mol.